The third-order valence-corrected chi connectivity index (χ3v) is 2.93. The van der Waals surface area contributed by atoms with Crippen molar-refractivity contribution in [2.75, 3.05) is 5.01 Å². The molecule has 0 saturated heterocycles. The lowest BCUT2D eigenvalue weighted by Gasteiger charge is -2.31. The van der Waals surface area contributed by atoms with Crippen molar-refractivity contribution < 1.29 is 23.8 Å². The van der Waals surface area contributed by atoms with Gasteiger partial charge in [0.2, 0.25) is 0 Å². The van der Waals surface area contributed by atoms with E-state index in [-0.39, 0.29) is 5.91 Å². The summed E-state index contributed by atoms with van der Waals surface area (Å²) in [5.74, 6) is -1.84. The molecule has 0 unspecified atom stereocenters. The highest BCUT2D eigenvalue weighted by Crippen LogP contribution is 2.17. The van der Waals surface area contributed by atoms with E-state index in [1.54, 1.807) is 6.92 Å². The van der Waals surface area contributed by atoms with E-state index in [0.717, 1.165) is 0 Å². The largest absolute Gasteiger partial charge is 0.479 e. The maximum atomic E-state index is 12.9. The lowest BCUT2D eigenvalue weighted by Crippen LogP contribution is -2.52. The van der Waals surface area contributed by atoms with E-state index >= 15 is 0 Å². The van der Waals surface area contributed by atoms with Gasteiger partial charge in [-0.2, -0.15) is 5.43 Å². The topological polar surface area (TPSA) is 78.9 Å². The van der Waals surface area contributed by atoms with Crippen LogP contribution in [0.25, 0.3) is 0 Å². The SMILES string of the molecule is CC[C@@H](O[C@H]1C=CC(=O)N(c2ccc(F)cc2)N1)C(=O)O. The monoisotopic (exact) mass is 294 g/mol. The van der Waals surface area contributed by atoms with E-state index in [0.29, 0.717) is 12.1 Å². The average Bonchev–Trinajstić information content (AvgIpc) is 2.47. The highest BCUT2D eigenvalue weighted by atomic mass is 19.1. The molecule has 0 spiro atoms. The van der Waals surface area contributed by atoms with Gasteiger partial charge in [-0.15, -0.1) is 0 Å². The van der Waals surface area contributed by atoms with Crippen LogP contribution in [0.3, 0.4) is 0 Å². The first-order valence-corrected chi connectivity index (χ1v) is 6.43. The Kier molecular flexibility index (Phi) is 4.66. The van der Waals surface area contributed by atoms with E-state index in [2.05, 4.69) is 5.43 Å². The van der Waals surface area contributed by atoms with Gasteiger partial charge in [0.25, 0.3) is 5.91 Å². The molecule has 2 N–H and O–H groups in total. The van der Waals surface area contributed by atoms with Gasteiger partial charge in [0.05, 0.1) is 5.69 Å². The fraction of sp³-hybridized carbons (Fsp3) is 0.286. The summed E-state index contributed by atoms with van der Waals surface area (Å²) in [6.07, 6.45) is 1.28. The zero-order valence-electron chi connectivity index (χ0n) is 11.3. The fourth-order valence-corrected chi connectivity index (χ4v) is 1.85. The summed E-state index contributed by atoms with van der Waals surface area (Å²) in [6.45, 7) is 1.69. The standard InChI is InChI=1S/C14H15FN2O4/c1-2-11(14(19)20)21-12-7-8-13(18)17(16-12)10-5-3-9(15)4-6-10/h3-8,11-12,16H,2H2,1H3,(H,19,20)/t11-,12+/m1/s1. The first-order valence-electron chi connectivity index (χ1n) is 6.43. The van der Waals surface area contributed by atoms with E-state index < -0.39 is 24.1 Å². The Morgan fingerprint density at radius 1 is 1.48 bits per heavy atom. The molecule has 1 heterocycles. The van der Waals surface area contributed by atoms with E-state index in [1.807, 2.05) is 0 Å². The third kappa shape index (κ3) is 3.65. The number of aliphatic carboxylic acids is 1. The van der Waals surface area contributed by atoms with Crippen molar-refractivity contribution in [2.24, 2.45) is 0 Å². The molecule has 0 fully saturated rings. The molecule has 0 aliphatic carbocycles. The molecule has 0 bridgehead atoms. The number of nitrogens with one attached hydrogen (secondary N) is 1. The van der Waals surface area contributed by atoms with Crippen LogP contribution >= 0.6 is 0 Å². The number of carboxylic acids is 1. The molecule has 0 aromatic heterocycles. The van der Waals surface area contributed by atoms with Crippen LogP contribution in [0.2, 0.25) is 0 Å². The van der Waals surface area contributed by atoms with Gasteiger partial charge in [-0.25, -0.2) is 14.2 Å². The van der Waals surface area contributed by atoms with Gasteiger partial charge < -0.3 is 9.84 Å². The number of halogens is 1. The number of carboxylic acid groups (broad SMARTS) is 1. The number of benzene rings is 1. The van der Waals surface area contributed by atoms with Crippen molar-refractivity contribution in [2.45, 2.75) is 25.7 Å². The second-order valence-corrected chi connectivity index (χ2v) is 4.43. The van der Waals surface area contributed by atoms with Crippen LogP contribution in [0.4, 0.5) is 10.1 Å². The number of carbonyl (C=O) groups is 2. The Morgan fingerprint density at radius 3 is 2.71 bits per heavy atom. The Labute approximate surface area is 120 Å². The molecule has 2 atom stereocenters. The molecule has 1 aromatic carbocycles. The Hall–Kier alpha value is -2.25. The number of nitrogens with zero attached hydrogens (tertiary/aromatic N) is 1. The Bertz CT molecular complexity index is 559. The second kappa shape index (κ2) is 6.47. The zero-order chi connectivity index (χ0) is 15.4. The van der Waals surface area contributed by atoms with Crippen molar-refractivity contribution in [3.63, 3.8) is 0 Å². The molecule has 6 nitrogen and oxygen atoms in total. The van der Waals surface area contributed by atoms with Gasteiger partial charge in [0, 0.05) is 6.08 Å². The summed E-state index contributed by atoms with van der Waals surface area (Å²) in [7, 11) is 0. The van der Waals surface area contributed by atoms with E-state index in [4.69, 9.17) is 9.84 Å². The Morgan fingerprint density at radius 2 is 2.14 bits per heavy atom. The number of hydrazine groups is 1. The Balaban J connectivity index is 2.11. The lowest BCUT2D eigenvalue weighted by atomic mass is 10.2. The van der Waals surface area contributed by atoms with Crippen LogP contribution in [0.15, 0.2) is 36.4 Å². The second-order valence-electron chi connectivity index (χ2n) is 4.43. The highest BCUT2D eigenvalue weighted by molar-refractivity contribution is 6.01. The van der Waals surface area contributed by atoms with Gasteiger partial charge >= 0.3 is 5.97 Å². The molecule has 112 valence electrons. The van der Waals surface area contributed by atoms with Crippen molar-refractivity contribution in [3.05, 3.63) is 42.2 Å². The fourth-order valence-electron chi connectivity index (χ4n) is 1.85. The molecule has 0 radical (unpaired) electrons. The minimum Gasteiger partial charge on any atom is -0.479 e. The summed E-state index contributed by atoms with van der Waals surface area (Å²) in [5, 5.41) is 10.1. The number of carbonyl (C=O) groups excluding carboxylic acids is 1. The molecule has 2 rings (SSSR count). The normalized spacial score (nSPS) is 19.6. The van der Waals surface area contributed by atoms with Crippen LogP contribution in [-0.4, -0.2) is 29.3 Å². The highest BCUT2D eigenvalue weighted by Gasteiger charge is 2.26. The number of amides is 1. The average molecular weight is 294 g/mol. The minimum atomic E-state index is -1.07. The molecule has 7 heteroatoms. The summed E-state index contributed by atoms with van der Waals surface area (Å²) in [4.78, 5) is 22.8. The zero-order valence-corrected chi connectivity index (χ0v) is 11.3. The van der Waals surface area contributed by atoms with Crippen molar-refractivity contribution in [1.29, 1.82) is 0 Å². The van der Waals surface area contributed by atoms with Crippen LogP contribution in [-0.2, 0) is 14.3 Å². The van der Waals surface area contributed by atoms with Crippen LogP contribution in [0.1, 0.15) is 13.3 Å². The smallest absolute Gasteiger partial charge is 0.332 e. The summed E-state index contributed by atoms with van der Waals surface area (Å²) in [5.41, 5.74) is 3.18. The number of anilines is 1. The molecule has 1 aromatic rings. The molecule has 21 heavy (non-hydrogen) atoms. The lowest BCUT2D eigenvalue weighted by molar-refractivity contribution is -0.154. The third-order valence-electron chi connectivity index (χ3n) is 2.93. The summed E-state index contributed by atoms with van der Waals surface area (Å²) < 4.78 is 18.3. The van der Waals surface area contributed by atoms with E-state index in [1.165, 1.54) is 41.4 Å². The first-order chi connectivity index (χ1) is 10.0. The van der Waals surface area contributed by atoms with Gasteiger partial charge in [0.15, 0.2) is 6.10 Å². The quantitative estimate of drug-likeness (QED) is 0.859. The van der Waals surface area contributed by atoms with Gasteiger partial charge in [-0.3, -0.25) is 4.79 Å². The molecular formula is C14H15FN2O4. The van der Waals surface area contributed by atoms with E-state index in [9.17, 15) is 14.0 Å². The van der Waals surface area contributed by atoms with Gasteiger partial charge in [0.1, 0.15) is 12.0 Å². The number of hydrogen-bond donors (Lipinski definition) is 2. The molecule has 1 amide bonds. The predicted molar refractivity (Wildman–Crippen MR) is 72.7 cm³/mol. The van der Waals surface area contributed by atoms with Crippen LogP contribution in [0, 0.1) is 5.82 Å². The molecule has 1 aliphatic heterocycles. The number of hydrogen-bond acceptors (Lipinski definition) is 4. The molecule has 1 aliphatic rings. The summed E-state index contributed by atoms with van der Waals surface area (Å²) in [6, 6.07) is 5.32. The summed E-state index contributed by atoms with van der Waals surface area (Å²) >= 11 is 0. The van der Waals surface area contributed by atoms with Crippen LogP contribution in [0.5, 0.6) is 0 Å². The van der Waals surface area contributed by atoms with Gasteiger partial charge in [-0.1, -0.05) is 6.92 Å². The van der Waals surface area contributed by atoms with Gasteiger partial charge in [-0.05, 0) is 36.8 Å². The number of rotatable bonds is 5. The minimum absolute atomic E-state index is 0.297. The maximum Gasteiger partial charge on any atom is 0.332 e. The van der Waals surface area contributed by atoms with Crippen molar-refractivity contribution in [1.82, 2.24) is 5.43 Å². The molecular weight excluding hydrogens is 279 g/mol. The van der Waals surface area contributed by atoms with Crippen LogP contribution < -0.4 is 10.4 Å². The maximum absolute atomic E-state index is 12.9. The number of ether oxygens (including phenoxy) is 1. The van der Waals surface area contributed by atoms with Crippen molar-refractivity contribution in [3.8, 4) is 0 Å². The molecule has 0 saturated carbocycles. The van der Waals surface area contributed by atoms with Crippen molar-refractivity contribution >= 4 is 17.6 Å². The first kappa shape index (κ1) is 15.1. The predicted octanol–water partition coefficient (Wildman–Crippen LogP) is 1.44.